The summed E-state index contributed by atoms with van der Waals surface area (Å²) in [5.74, 6) is -0.284. The molecule has 2 aliphatic rings. The minimum atomic E-state index is -0.526. The van der Waals surface area contributed by atoms with Gasteiger partial charge in [-0.2, -0.15) is 11.3 Å². The number of nitrogens with zero attached hydrogens (tertiary/aromatic N) is 1. The maximum atomic E-state index is 12.3. The van der Waals surface area contributed by atoms with Gasteiger partial charge in [-0.25, -0.2) is 4.79 Å². The molecule has 5 nitrogen and oxygen atoms in total. The standard InChI is InChI=1S/C14H20N2O3S/c1-14(18-6-7-19-14)11-3-2-5-16(9-11)13(17)15-12-4-8-20-10-12/h4,8,10-11H,2-3,5-7,9H2,1H3,(H,15,17)/t11-/m0/s1. The lowest BCUT2D eigenvalue weighted by atomic mass is 9.90. The number of hydrogen-bond acceptors (Lipinski definition) is 4. The van der Waals surface area contributed by atoms with E-state index in [1.54, 1.807) is 11.3 Å². The molecule has 0 bridgehead atoms. The molecule has 110 valence electrons. The number of amides is 2. The van der Waals surface area contributed by atoms with Crippen LogP contribution in [-0.4, -0.2) is 43.0 Å². The fourth-order valence-corrected chi connectivity index (χ4v) is 3.48. The van der Waals surface area contributed by atoms with Crippen molar-refractivity contribution in [3.8, 4) is 0 Å². The summed E-state index contributed by atoms with van der Waals surface area (Å²) in [6.07, 6.45) is 2.03. The number of carbonyl (C=O) groups is 1. The number of anilines is 1. The Kier molecular flexibility index (Phi) is 3.96. The fourth-order valence-electron chi connectivity index (χ4n) is 2.89. The normalized spacial score (nSPS) is 25.6. The van der Waals surface area contributed by atoms with Gasteiger partial charge in [0, 0.05) is 24.4 Å². The second-order valence-electron chi connectivity index (χ2n) is 5.44. The molecule has 1 N–H and O–H groups in total. The van der Waals surface area contributed by atoms with E-state index in [1.807, 2.05) is 28.7 Å². The zero-order chi connectivity index (χ0) is 14.0. The van der Waals surface area contributed by atoms with Gasteiger partial charge in [0.25, 0.3) is 0 Å². The first-order valence-corrected chi connectivity index (χ1v) is 7.98. The van der Waals surface area contributed by atoms with Crippen molar-refractivity contribution in [2.45, 2.75) is 25.6 Å². The third kappa shape index (κ3) is 2.82. The highest BCUT2D eigenvalue weighted by atomic mass is 32.1. The number of nitrogens with one attached hydrogen (secondary N) is 1. The van der Waals surface area contributed by atoms with E-state index in [2.05, 4.69) is 5.32 Å². The van der Waals surface area contributed by atoms with Crippen LogP contribution in [0.5, 0.6) is 0 Å². The predicted octanol–water partition coefficient (Wildman–Crippen LogP) is 2.76. The molecule has 0 unspecified atom stereocenters. The van der Waals surface area contributed by atoms with Crippen LogP contribution in [0.4, 0.5) is 10.5 Å². The van der Waals surface area contributed by atoms with Gasteiger partial charge in [-0.3, -0.25) is 0 Å². The summed E-state index contributed by atoms with van der Waals surface area (Å²) in [5, 5.41) is 6.82. The van der Waals surface area contributed by atoms with Crippen molar-refractivity contribution < 1.29 is 14.3 Å². The number of rotatable bonds is 2. The van der Waals surface area contributed by atoms with Gasteiger partial charge in [0.15, 0.2) is 5.79 Å². The van der Waals surface area contributed by atoms with Crippen LogP contribution in [0.3, 0.4) is 0 Å². The van der Waals surface area contributed by atoms with E-state index < -0.39 is 5.79 Å². The molecule has 1 aromatic rings. The quantitative estimate of drug-likeness (QED) is 0.913. The van der Waals surface area contributed by atoms with E-state index in [-0.39, 0.29) is 11.9 Å². The van der Waals surface area contributed by atoms with Gasteiger partial charge in [0.2, 0.25) is 0 Å². The zero-order valence-electron chi connectivity index (χ0n) is 11.6. The number of carbonyl (C=O) groups excluding carboxylic acids is 1. The maximum absolute atomic E-state index is 12.3. The monoisotopic (exact) mass is 296 g/mol. The highest BCUT2D eigenvalue weighted by Crippen LogP contribution is 2.34. The summed E-state index contributed by atoms with van der Waals surface area (Å²) >= 11 is 1.58. The molecule has 1 aromatic heterocycles. The summed E-state index contributed by atoms with van der Waals surface area (Å²) in [6, 6.07) is 1.88. The summed E-state index contributed by atoms with van der Waals surface area (Å²) < 4.78 is 11.5. The number of hydrogen-bond donors (Lipinski definition) is 1. The molecule has 1 atom stereocenters. The van der Waals surface area contributed by atoms with Gasteiger partial charge in [-0.05, 0) is 31.2 Å². The van der Waals surface area contributed by atoms with E-state index in [4.69, 9.17) is 9.47 Å². The molecule has 2 fully saturated rings. The van der Waals surface area contributed by atoms with E-state index >= 15 is 0 Å². The van der Waals surface area contributed by atoms with Gasteiger partial charge in [-0.15, -0.1) is 0 Å². The maximum Gasteiger partial charge on any atom is 0.321 e. The fraction of sp³-hybridized carbons (Fsp3) is 0.643. The van der Waals surface area contributed by atoms with Crippen molar-refractivity contribution >= 4 is 23.1 Å². The third-order valence-corrected chi connectivity index (χ3v) is 4.77. The van der Waals surface area contributed by atoms with E-state index in [0.29, 0.717) is 19.8 Å². The predicted molar refractivity (Wildman–Crippen MR) is 77.9 cm³/mol. The number of ether oxygens (including phenoxy) is 2. The van der Waals surface area contributed by atoms with Crippen molar-refractivity contribution in [2.75, 3.05) is 31.6 Å². The molecule has 0 spiro atoms. The van der Waals surface area contributed by atoms with Crippen LogP contribution in [0.1, 0.15) is 19.8 Å². The van der Waals surface area contributed by atoms with Crippen molar-refractivity contribution in [1.29, 1.82) is 0 Å². The van der Waals surface area contributed by atoms with Crippen LogP contribution >= 0.6 is 11.3 Å². The van der Waals surface area contributed by atoms with Gasteiger partial charge in [0.1, 0.15) is 0 Å². The number of urea groups is 1. The molecule has 2 amide bonds. The van der Waals surface area contributed by atoms with Crippen molar-refractivity contribution in [1.82, 2.24) is 4.90 Å². The minimum absolute atomic E-state index is 0.0327. The molecule has 0 aliphatic carbocycles. The van der Waals surface area contributed by atoms with E-state index in [1.165, 1.54) is 0 Å². The topological polar surface area (TPSA) is 50.8 Å². The smallest absolute Gasteiger partial charge is 0.321 e. The molecular formula is C14H20N2O3S. The van der Waals surface area contributed by atoms with Crippen LogP contribution in [0.15, 0.2) is 16.8 Å². The van der Waals surface area contributed by atoms with Crippen LogP contribution in [-0.2, 0) is 9.47 Å². The first kappa shape index (κ1) is 13.9. The van der Waals surface area contributed by atoms with E-state index in [9.17, 15) is 4.79 Å². The lowest BCUT2D eigenvalue weighted by Gasteiger charge is -2.39. The number of piperidine rings is 1. The van der Waals surface area contributed by atoms with Crippen molar-refractivity contribution in [3.05, 3.63) is 16.8 Å². The molecule has 0 radical (unpaired) electrons. The number of likely N-dealkylation sites (tertiary alicyclic amines) is 1. The molecule has 0 saturated carbocycles. The average Bonchev–Trinajstić information content (AvgIpc) is 3.11. The summed E-state index contributed by atoms with van der Waals surface area (Å²) in [5.41, 5.74) is 0.863. The molecule has 3 heterocycles. The highest BCUT2D eigenvalue weighted by molar-refractivity contribution is 7.08. The lowest BCUT2D eigenvalue weighted by Crippen LogP contribution is -2.49. The van der Waals surface area contributed by atoms with Gasteiger partial charge in [0.05, 0.1) is 18.9 Å². The second kappa shape index (κ2) is 5.71. The zero-order valence-corrected chi connectivity index (χ0v) is 12.4. The molecular weight excluding hydrogens is 276 g/mol. The Morgan fingerprint density at radius 2 is 2.30 bits per heavy atom. The Bertz CT molecular complexity index is 457. The Hall–Kier alpha value is -1.11. The highest BCUT2D eigenvalue weighted by Gasteiger charge is 2.42. The van der Waals surface area contributed by atoms with Crippen molar-refractivity contribution in [2.24, 2.45) is 5.92 Å². The first-order valence-electron chi connectivity index (χ1n) is 7.03. The summed E-state index contributed by atoms with van der Waals surface area (Å²) in [4.78, 5) is 14.1. The van der Waals surface area contributed by atoms with Crippen LogP contribution in [0, 0.1) is 5.92 Å². The molecule has 6 heteroatoms. The van der Waals surface area contributed by atoms with Crippen LogP contribution < -0.4 is 5.32 Å². The molecule has 3 rings (SSSR count). The largest absolute Gasteiger partial charge is 0.347 e. The van der Waals surface area contributed by atoms with Crippen LogP contribution in [0.25, 0.3) is 0 Å². The second-order valence-corrected chi connectivity index (χ2v) is 6.22. The third-order valence-electron chi connectivity index (χ3n) is 4.08. The van der Waals surface area contributed by atoms with Gasteiger partial charge in [-0.1, -0.05) is 0 Å². The SMILES string of the molecule is CC1([C@H]2CCCN(C(=O)Nc3ccsc3)C2)OCCO1. The Balaban J connectivity index is 1.61. The first-order chi connectivity index (χ1) is 9.67. The van der Waals surface area contributed by atoms with Gasteiger partial charge >= 0.3 is 6.03 Å². The van der Waals surface area contributed by atoms with Gasteiger partial charge < -0.3 is 19.7 Å². The van der Waals surface area contributed by atoms with Crippen molar-refractivity contribution in [3.63, 3.8) is 0 Å². The number of thiophene rings is 1. The molecule has 2 saturated heterocycles. The summed E-state index contributed by atoms with van der Waals surface area (Å²) in [7, 11) is 0. The minimum Gasteiger partial charge on any atom is -0.347 e. The summed E-state index contributed by atoms with van der Waals surface area (Å²) in [6.45, 7) is 4.77. The van der Waals surface area contributed by atoms with Crippen LogP contribution in [0.2, 0.25) is 0 Å². The molecule has 2 aliphatic heterocycles. The Labute approximate surface area is 122 Å². The molecule has 0 aromatic carbocycles. The average molecular weight is 296 g/mol. The lowest BCUT2D eigenvalue weighted by molar-refractivity contribution is -0.189. The Morgan fingerprint density at radius 3 is 3.00 bits per heavy atom. The molecule has 20 heavy (non-hydrogen) atoms. The Morgan fingerprint density at radius 1 is 1.50 bits per heavy atom. The van der Waals surface area contributed by atoms with E-state index in [0.717, 1.165) is 25.1 Å².